The SMILES string of the molecule is COCC(=O)N1CC(C(=O)O)N(S(=O)(=O)c2ccc(OC)cc2)Cc2ccccc21. The maximum absolute atomic E-state index is 13.4. The van der Waals surface area contributed by atoms with E-state index in [1.54, 1.807) is 24.3 Å². The summed E-state index contributed by atoms with van der Waals surface area (Å²) in [4.78, 5) is 25.9. The number of nitrogens with zero attached hydrogens (tertiary/aromatic N) is 2. The van der Waals surface area contributed by atoms with Crippen LogP contribution in [-0.2, 0) is 30.9 Å². The summed E-state index contributed by atoms with van der Waals surface area (Å²) >= 11 is 0. The molecule has 1 aliphatic rings. The Bertz CT molecular complexity index is 1040. The number of amides is 1. The van der Waals surface area contributed by atoms with Crippen LogP contribution in [0.1, 0.15) is 5.56 Å². The van der Waals surface area contributed by atoms with Crippen LogP contribution in [0.15, 0.2) is 53.4 Å². The average molecular weight is 434 g/mol. The largest absolute Gasteiger partial charge is 0.497 e. The van der Waals surface area contributed by atoms with Gasteiger partial charge in [0.1, 0.15) is 18.4 Å². The molecule has 1 atom stereocenters. The molecule has 0 saturated carbocycles. The van der Waals surface area contributed by atoms with E-state index >= 15 is 0 Å². The Kier molecular flexibility index (Phi) is 6.40. The van der Waals surface area contributed by atoms with Crippen LogP contribution in [0.3, 0.4) is 0 Å². The summed E-state index contributed by atoms with van der Waals surface area (Å²) < 4.78 is 37.6. The highest BCUT2D eigenvalue weighted by atomic mass is 32.2. The number of aliphatic carboxylic acids is 1. The van der Waals surface area contributed by atoms with Crippen molar-refractivity contribution in [3.63, 3.8) is 0 Å². The highest BCUT2D eigenvalue weighted by Crippen LogP contribution is 2.31. The summed E-state index contributed by atoms with van der Waals surface area (Å²) in [7, 11) is -1.36. The van der Waals surface area contributed by atoms with E-state index in [0.717, 1.165) is 4.31 Å². The van der Waals surface area contributed by atoms with Gasteiger partial charge < -0.3 is 19.5 Å². The Morgan fingerprint density at radius 1 is 1.10 bits per heavy atom. The normalized spacial score (nSPS) is 17.1. The minimum atomic E-state index is -4.18. The molecule has 1 N–H and O–H groups in total. The Morgan fingerprint density at radius 3 is 2.37 bits per heavy atom. The number of fused-ring (bicyclic) bond motifs is 1. The number of carbonyl (C=O) groups excluding carboxylic acids is 1. The third-order valence-corrected chi connectivity index (χ3v) is 6.70. The summed E-state index contributed by atoms with van der Waals surface area (Å²) in [6.45, 7) is -0.798. The second kappa shape index (κ2) is 8.82. The molecule has 0 spiro atoms. The van der Waals surface area contributed by atoms with Gasteiger partial charge in [0.15, 0.2) is 0 Å². The molecule has 0 aromatic heterocycles. The fourth-order valence-electron chi connectivity index (χ4n) is 3.32. The lowest BCUT2D eigenvalue weighted by Gasteiger charge is -2.28. The minimum absolute atomic E-state index is 0.0660. The molecule has 1 unspecified atom stereocenters. The number of para-hydroxylation sites is 1. The van der Waals surface area contributed by atoms with E-state index in [2.05, 4.69) is 0 Å². The molecule has 1 amide bonds. The predicted molar refractivity (Wildman–Crippen MR) is 108 cm³/mol. The van der Waals surface area contributed by atoms with Gasteiger partial charge >= 0.3 is 5.97 Å². The first-order valence-electron chi connectivity index (χ1n) is 9.05. The van der Waals surface area contributed by atoms with Gasteiger partial charge in [0, 0.05) is 19.3 Å². The van der Waals surface area contributed by atoms with Gasteiger partial charge in [-0.2, -0.15) is 4.31 Å². The van der Waals surface area contributed by atoms with Crippen LogP contribution in [0, 0.1) is 0 Å². The zero-order chi connectivity index (χ0) is 21.9. The molecule has 10 heteroatoms. The van der Waals surface area contributed by atoms with E-state index in [9.17, 15) is 23.1 Å². The van der Waals surface area contributed by atoms with E-state index in [0.29, 0.717) is 17.0 Å². The number of ether oxygens (including phenoxy) is 2. The van der Waals surface area contributed by atoms with Crippen molar-refractivity contribution in [3.8, 4) is 5.75 Å². The molecule has 0 saturated heterocycles. The van der Waals surface area contributed by atoms with Crippen LogP contribution in [0.25, 0.3) is 0 Å². The van der Waals surface area contributed by atoms with Gasteiger partial charge in [0.25, 0.3) is 5.91 Å². The Labute approximate surface area is 174 Å². The molecule has 3 rings (SSSR count). The summed E-state index contributed by atoms with van der Waals surface area (Å²) in [5, 5.41) is 9.84. The molecule has 0 aliphatic carbocycles. The first-order valence-corrected chi connectivity index (χ1v) is 10.5. The lowest BCUT2D eigenvalue weighted by molar-refractivity contribution is -0.141. The number of sulfonamides is 1. The van der Waals surface area contributed by atoms with E-state index < -0.39 is 27.9 Å². The molecule has 30 heavy (non-hydrogen) atoms. The smallest absolute Gasteiger partial charge is 0.323 e. The number of methoxy groups -OCH3 is 2. The molecule has 1 heterocycles. The number of carboxylic acids is 1. The first-order chi connectivity index (χ1) is 14.3. The lowest BCUT2D eigenvalue weighted by atomic mass is 10.1. The highest BCUT2D eigenvalue weighted by molar-refractivity contribution is 7.89. The quantitative estimate of drug-likeness (QED) is 0.730. The van der Waals surface area contributed by atoms with Crippen molar-refractivity contribution in [1.29, 1.82) is 0 Å². The van der Waals surface area contributed by atoms with Gasteiger partial charge in [0.05, 0.1) is 18.6 Å². The number of carbonyl (C=O) groups is 2. The molecule has 0 radical (unpaired) electrons. The van der Waals surface area contributed by atoms with Crippen LogP contribution in [0.4, 0.5) is 5.69 Å². The van der Waals surface area contributed by atoms with E-state index in [1.807, 2.05) is 0 Å². The van der Waals surface area contributed by atoms with Gasteiger partial charge in [-0.3, -0.25) is 9.59 Å². The minimum Gasteiger partial charge on any atom is -0.497 e. The highest BCUT2D eigenvalue weighted by Gasteiger charge is 2.41. The first kappa shape index (κ1) is 21.8. The Hall–Kier alpha value is -2.95. The van der Waals surface area contributed by atoms with Gasteiger partial charge in [-0.1, -0.05) is 18.2 Å². The van der Waals surface area contributed by atoms with Crippen LogP contribution in [0.2, 0.25) is 0 Å². The molecule has 2 aromatic rings. The van der Waals surface area contributed by atoms with Crippen LogP contribution in [-0.4, -0.2) is 63.1 Å². The van der Waals surface area contributed by atoms with Crippen LogP contribution >= 0.6 is 0 Å². The average Bonchev–Trinajstić information content (AvgIpc) is 2.92. The van der Waals surface area contributed by atoms with Gasteiger partial charge in [0.2, 0.25) is 10.0 Å². The molecular weight excluding hydrogens is 412 g/mol. The topological polar surface area (TPSA) is 113 Å². The maximum atomic E-state index is 13.4. The number of hydrogen-bond acceptors (Lipinski definition) is 6. The fourth-order valence-corrected chi connectivity index (χ4v) is 4.87. The number of carboxylic acid groups (broad SMARTS) is 1. The monoisotopic (exact) mass is 434 g/mol. The van der Waals surface area contributed by atoms with Crippen LogP contribution in [0.5, 0.6) is 5.75 Å². The molecule has 160 valence electrons. The fraction of sp³-hybridized carbons (Fsp3) is 0.300. The molecule has 0 fully saturated rings. The Morgan fingerprint density at radius 2 is 1.77 bits per heavy atom. The lowest BCUT2D eigenvalue weighted by Crippen LogP contribution is -2.50. The van der Waals surface area contributed by atoms with Crippen molar-refractivity contribution in [2.75, 3.05) is 32.3 Å². The van der Waals surface area contributed by atoms with E-state index in [4.69, 9.17) is 9.47 Å². The van der Waals surface area contributed by atoms with Crippen molar-refractivity contribution in [1.82, 2.24) is 4.31 Å². The number of benzene rings is 2. The van der Waals surface area contributed by atoms with Crippen molar-refractivity contribution >= 4 is 27.6 Å². The molecular formula is C20H22N2O7S. The summed E-state index contributed by atoms with van der Waals surface area (Å²) in [5.41, 5.74) is 0.973. The summed E-state index contributed by atoms with van der Waals surface area (Å²) in [5.74, 6) is -1.34. The molecule has 1 aliphatic heterocycles. The zero-order valence-corrected chi connectivity index (χ0v) is 17.3. The predicted octanol–water partition coefficient (Wildman–Crippen LogP) is 1.33. The number of anilines is 1. The molecule has 2 aromatic carbocycles. The maximum Gasteiger partial charge on any atom is 0.323 e. The number of rotatable bonds is 6. The second-order valence-corrected chi connectivity index (χ2v) is 8.54. The van der Waals surface area contributed by atoms with Crippen molar-refractivity contribution in [2.45, 2.75) is 17.5 Å². The van der Waals surface area contributed by atoms with Gasteiger partial charge in [-0.25, -0.2) is 8.42 Å². The van der Waals surface area contributed by atoms with Crippen molar-refractivity contribution in [2.24, 2.45) is 0 Å². The summed E-state index contributed by atoms with van der Waals surface area (Å²) in [6, 6.07) is 11.0. The second-order valence-electron chi connectivity index (χ2n) is 6.65. The van der Waals surface area contributed by atoms with Crippen molar-refractivity contribution < 1.29 is 32.6 Å². The summed E-state index contributed by atoms with van der Waals surface area (Å²) in [6.07, 6.45) is 0. The van der Waals surface area contributed by atoms with Gasteiger partial charge in [-0.15, -0.1) is 0 Å². The van der Waals surface area contributed by atoms with E-state index in [-0.39, 0.29) is 24.6 Å². The molecule has 9 nitrogen and oxygen atoms in total. The van der Waals surface area contributed by atoms with E-state index in [1.165, 1.54) is 43.4 Å². The number of hydrogen-bond donors (Lipinski definition) is 1. The third-order valence-electron chi connectivity index (χ3n) is 4.83. The zero-order valence-electron chi connectivity index (χ0n) is 16.5. The van der Waals surface area contributed by atoms with Crippen LogP contribution < -0.4 is 9.64 Å². The standard InChI is InChI=1S/C20H22N2O7S/c1-28-13-19(23)21-12-18(20(24)25)22(11-14-5-3-4-6-17(14)21)30(26,27)16-9-7-15(29-2)8-10-16/h3-10,18H,11-13H2,1-2H3,(H,24,25). The van der Waals surface area contributed by atoms with Gasteiger partial charge in [-0.05, 0) is 35.9 Å². The Balaban J connectivity index is 2.10. The third kappa shape index (κ3) is 4.16. The molecule has 0 bridgehead atoms. The van der Waals surface area contributed by atoms with Crippen molar-refractivity contribution in [3.05, 3.63) is 54.1 Å².